The topological polar surface area (TPSA) is 84.9 Å². The highest BCUT2D eigenvalue weighted by atomic mass is 35.5. The van der Waals surface area contributed by atoms with E-state index in [2.05, 4.69) is 5.32 Å². The quantitative estimate of drug-likeness (QED) is 0.831. The van der Waals surface area contributed by atoms with E-state index in [0.29, 0.717) is 24.8 Å². The van der Waals surface area contributed by atoms with Gasteiger partial charge in [-0.05, 0) is 37.0 Å². The van der Waals surface area contributed by atoms with E-state index in [9.17, 15) is 9.59 Å². The summed E-state index contributed by atoms with van der Waals surface area (Å²) in [5.41, 5.74) is 0.557. The summed E-state index contributed by atoms with van der Waals surface area (Å²) in [6, 6.07) is 4.73. The molecule has 1 unspecified atom stereocenters. The van der Waals surface area contributed by atoms with Crippen LogP contribution in [0.25, 0.3) is 0 Å². The maximum Gasteiger partial charge on any atom is 0.341 e. The monoisotopic (exact) mass is 341 g/mol. The number of rotatable bonds is 6. The van der Waals surface area contributed by atoms with E-state index in [1.165, 1.54) is 0 Å². The molecule has 23 heavy (non-hydrogen) atoms. The lowest BCUT2D eigenvalue weighted by Crippen LogP contribution is -2.30. The summed E-state index contributed by atoms with van der Waals surface area (Å²) in [4.78, 5) is 22.8. The number of hydrogen-bond acceptors (Lipinski definition) is 4. The van der Waals surface area contributed by atoms with Crippen LogP contribution in [0.2, 0.25) is 5.02 Å². The molecule has 1 amide bonds. The molecule has 2 rings (SSSR count). The van der Waals surface area contributed by atoms with Gasteiger partial charge >= 0.3 is 5.97 Å². The first-order valence-electron chi connectivity index (χ1n) is 7.50. The minimum absolute atomic E-state index is 0.0628. The number of hydrogen-bond donors (Lipinski definition) is 2. The first-order chi connectivity index (χ1) is 11.0. The van der Waals surface area contributed by atoms with Gasteiger partial charge in [-0.25, -0.2) is 4.79 Å². The fourth-order valence-corrected chi connectivity index (χ4v) is 2.76. The third kappa shape index (κ3) is 5.11. The van der Waals surface area contributed by atoms with Gasteiger partial charge in [0.25, 0.3) is 0 Å². The van der Waals surface area contributed by atoms with Gasteiger partial charge in [0.1, 0.15) is 5.75 Å². The Balaban J connectivity index is 1.95. The minimum atomic E-state index is -1.08. The number of carbonyl (C=O) groups excluding carboxylic acids is 1. The van der Waals surface area contributed by atoms with Gasteiger partial charge in [-0.1, -0.05) is 18.5 Å². The van der Waals surface area contributed by atoms with Crippen molar-refractivity contribution in [3.63, 3.8) is 0 Å². The molecule has 1 atom stereocenters. The number of nitrogens with one attached hydrogen (secondary N) is 1. The molecule has 1 aromatic carbocycles. The average Bonchev–Trinajstić information content (AvgIpc) is 2.54. The fourth-order valence-electron chi connectivity index (χ4n) is 2.52. The van der Waals surface area contributed by atoms with Crippen LogP contribution < -0.4 is 10.1 Å². The Morgan fingerprint density at radius 1 is 1.43 bits per heavy atom. The van der Waals surface area contributed by atoms with Crippen molar-refractivity contribution in [1.82, 2.24) is 0 Å². The number of aliphatic carboxylic acids is 1. The Hall–Kier alpha value is -1.79. The van der Waals surface area contributed by atoms with Gasteiger partial charge in [0, 0.05) is 24.8 Å². The molecule has 0 aromatic heterocycles. The molecule has 1 heterocycles. The lowest BCUT2D eigenvalue weighted by molar-refractivity contribution is -0.139. The number of benzene rings is 1. The third-order valence-electron chi connectivity index (χ3n) is 3.94. The lowest BCUT2D eigenvalue weighted by Gasteiger charge is -2.27. The predicted molar refractivity (Wildman–Crippen MR) is 85.9 cm³/mol. The van der Waals surface area contributed by atoms with Crippen molar-refractivity contribution in [2.75, 3.05) is 25.1 Å². The van der Waals surface area contributed by atoms with Crippen LogP contribution in [0, 0.1) is 11.8 Å². The van der Waals surface area contributed by atoms with Crippen LogP contribution in [0.5, 0.6) is 5.75 Å². The summed E-state index contributed by atoms with van der Waals surface area (Å²) < 4.78 is 10.4. The highest BCUT2D eigenvalue weighted by Crippen LogP contribution is 2.29. The van der Waals surface area contributed by atoms with Crippen molar-refractivity contribution in [2.45, 2.75) is 19.8 Å². The zero-order valence-corrected chi connectivity index (χ0v) is 13.6. The zero-order valence-electron chi connectivity index (χ0n) is 12.9. The maximum absolute atomic E-state index is 12.3. The standard InChI is InChI=1S/C16H20ClNO5/c1-10(11-4-6-22-7-5-11)16(21)18-12-2-3-14(13(17)8-12)23-9-15(19)20/h2-3,8,10-11H,4-7,9H2,1H3,(H,18,21)(H,19,20). The minimum Gasteiger partial charge on any atom is -0.480 e. The van der Waals surface area contributed by atoms with Gasteiger partial charge in [0.2, 0.25) is 5.91 Å². The number of anilines is 1. The van der Waals surface area contributed by atoms with Crippen molar-refractivity contribution < 1.29 is 24.2 Å². The number of amides is 1. The van der Waals surface area contributed by atoms with Gasteiger partial charge in [0.05, 0.1) is 5.02 Å². The summed E-state index contributed by atoms with van der Waals surface area (Å²) in [6.45, 7) is 2.84. The molecule has 7 heteroatoms. The Labute approximate surface area is 139 Å². The van der Waals surface area contributed by atoms with Crippen molar-refractivity contribution in [1.29, 1.82) is 0 Å². The number of carboxylic acids is 1. The summed E-state index contributed by atoms with van der Waals surface area (Å²) in [7, 11) is 0. The van der Waals surface area contributed by atoms with E-state index in [1.807, 2.05) is 6.92 Å². The van der Waals surface area contributed by atoms with E-state index in [4.69, 9.17) is 26.2 Å². The van der Waals surface area contributed by atoms with E-state index in [-0.39, 0.29) is 22.6 Å². The molecule has 126 valence electrons. The molecule has 0 radical (unpaired) electrons. The molecule has 0 aliphatic carbocycles. The van der Waals surface area contributed by atoms with Gasteiger partial charge in [-0.3, -0.25) is 4.79 Å². The van der Waals surface area contributed by atoms with Crippen LogP contribution in [0.3, 0.4) is 0 Å². The van der Waals surface area contributed by atoms with E-state index < -0.39 is 12.6 Å². The molecule has 1 saturated heterocycles. The Kier molecular flexibility index (Phi) is 6.24. The second kappa shape index (κ2) is 8.17. The van der Waals surface area contributed by atoms with E-state index in [0.717, 1.165) is 12.8 Å². The van der Waals surface area contributed by atoms with Crippen molar-refractivity contribution in [3.8, 4) is 5.75 Å². The Bertz CT molecular complexity index is 572. The molecule has 1 aliphatic rings. The van der Waals surface area contributed by atoms with Gasteiger partial charge in [-0.15, -0.1) is 0 Å². The molecular weight excluding hydrogens is 322 g/mol. The zero-order chi connectivity index (χ0) is 16.8. The molecule has 1 aromatic rings. The number of carboxylic acid groups (broad SMARTS) is 1. The molecule has 1 fully saturated rings. The smallest absolute Gasteiger partial charge is 0.341 e. The fraction of sp³-hybridized carbons (Fsp3) is 0.500. The molecule has 2 N–H and O–H groups in total. The Morgan fingerprint density at radius 3 is 2.74 bits per heavy atom. The lowest BCUT2D eigenvalue weighted by atomic mass is 9.87. The van der Waals surface area contributed by atoms with Crippen LogP contribution in [0.15, 0.2) is 18.2 Å². The van der Waals surface area contributed by atoms with Gasteiger partial charge < -0.3 is 19.9 Å². The first kappa shape index (κ1) is 17.6. The second-order valence-corrected chi connectivity index (χ2v) is 5.96. The van der Waals surface area contributed by atoms with E-state index in [1.54, 1.807) is 18.2 Å². The van der Waals surface area contributed by atoms with Crippen LogP contribution >= 0.6 is 11.6 Å². The van der Waals surface area contributed by atoms with Crippen LogP contribution in [0.4, 0.5) is 5.69 Å². The van der Waals surface area contributed by atoms with Crippen LogP contribution in [-0.4, -0.2) is 36.8 Å². The molecule has 0 bridgehead atoms. The second-order valence-electron chi connectivity index (χ2n) is 5.56. The number of halogens is 1. The number of carbonyl (C=O) groups is 2. The predicted octanol–water partition coefficient (Wildman–Crippen LogP) is 2.80. The van der Waals surface area contributed by atoms with Crippen molar-refractivity contribution in [2.24, 2.45) is 11.8 Å². The molecule has 0 spiro atoms. The summed E-state index contributed by atoms with van der Waals surface area (Å²) in [5.74, 6) is -0.668. The SMILES string of the molecule is CC(C(=O)Nc1ccc(OCC(=O)O)c(Cl)c1)C1CCOCC1. The summed E-state index contributed by atoms with van der Waals surface area (Å²) in [6.07, 6.45) is 1.77. The highest BCUT2D eigenvalue weighted by molar-refractivity contribution is 6.32. The largest absolute Gasteiger partial charge is 0.480 e. The highest BCUT2D eigenvalue weighted by Gasteiger charge is 2.26. The van der Waals surface area contributed by atoms with Crippen molar-refractivity contribution >= 4 is 29.2 Å². The molecule has 1 aliphatic heterocycles. The van der Waals surface area contributed by atoms with Gasteiger partial charge in [-0.2, -0.15) is 0 Å². The molecule has 0 saturated carbocycles. The van der Waals surface area contributed by atoms with Crippen molar-refractivity contribution in [3.05, 3.63) is 23.2 Å². The molecule has 6 nitrogen and oxygen atoms in total. The van der Waals surface area contributed by atoms with Gasteiger partial charge in [0.15, 0.2) is 6.61 Å². The number of ether oxygens (including phenoxy) is 2. The van der Waals surface area contributed by atoms with E-state index >= 15 is 0 Å². The van der Waals surface area contributed by atoms with Crippen LogP contribution in [0.1, 0.15) is 19.8 Å². The maximum atomic E-state index is 12.3. The Morgan fingerprint density at radius 2 is 2.13 bits per heavy atom. The summed E-state index contributed by atoms with van der Waals surface area (Å²) in [5, 5.41) is 11.7. The average molecular weight is 342 g/mol. The summed E-state index contributed by atoms with van der Waals surface area (Å²) >= 11 is 6.04. The normalized spacial score (nSPS) is 16.6. The first-order valence-corrected chi connectivity index (χ1v) is 7.88. The third-order valence-corrected chi connectivity index (χ3v) is 4.23. The van der Waals surface area contributed by atoms with Crippen LogP contribution in [-0.2, 0) is 14.3 Å². The molecular formula is C16H20ClNO5.